The van der Waals surface area contributed by atoms with Gasteiger partial charge in [-0.05, 0) is 42.5 Å². The van der Waals surface area contributed by atoms with Crippen molar-refractivity contribution in [3.8, 4) is 11.5 Å². The van der Waals surface area contributed by atoms with Crippen LogP contribution in [-0.4, -0.2) is 25.5 Å². The van der Waals surface area contributed by atoms with Crippen LogP contribution in [0.4, 0.5) is 11.4 Å². The van der Waals surface area contributed by atoms with E-state index in [4.69, 9.17) is 21.1 Å². The first-order valence-electron chi connectivity index (χ1n) is 7.44. The number of carbonyl (C=O) groups is 2. The molecule has 0 fully saturated rings. The van der Waals surface area contributed by atoms with Gasteiger partial charge < -0.3 is 20.1 Å². The van der Waals surface area contributed by atoms with Crippen LogP contribution in [0.15, 0.2) is 42.5 Å². The van der Waals surface area contributed by atoms with Gasteiger partial charge in [0.05, 0.1) is 12.8 Å². The summed E-state index contributed by atoms with van der Waals surface area (Å²) in [5.74, 6) is 0.618. The molecule has 0 saturated carbocycles. The first kappa shape index (κ1) is 16.9. The first-order chi connectivity index (χ1) is 12.0. The molecule has 3 rings (SSSR count). The van der Waals surface area contributed by atoms with Crippen molar-refractivity contribution in [3.63, 3.8) is 0 Å². The summed E-state index contributed by atoms with van der Waals surface area (Å²) < 4.78 is 10.5. The maximum Gasteiger partial charge on any atom is 0.262 e. The maximum atomic E-state index is 12.1. The Labute approximate surface area is 149 Å². The van der Waals surface area contributed by atoms with Crippen LogP contribution >= 0.6 is 11.6 Å². The normalized spacial score (nSPS) is 13.0. The van der Waals surface area contributed by atoms with E-state index < -0.39 is 0 Å². The molecule has 0 unspecified atom stereocenters. The molecule has 25 heavy (non-hydrogen) atoms. The third-order valence-corrected chi connectivity index (χ3v) is 3.72. The number of carbonyl (C=O) groups excluding carboxylic acids is 2. The molecule has 2 aromatic rings. The van der Waals surface area contributed by atoms with Gasteiger partial charge in [0.2, 0.25) is 5.91 Å². The average molecular weight is 359 g/mol. The van der Waals surface area contributed by atoms with Gasteiger partial charge in [0, 0.05) is 22.3 Å². The first-order valence-corrected chi connectivity index (χ1v) is 7.82. The molecule has 2 N–H and O–H groups in total. The minimum atomic E-state index is -0.329. The number of ether oxygens (including phenoxy) is 2. The zero-order valence-corrected chi connectivity index (χ0v) is 14.1. The van der Waals surface area contributed by atoms with Crippen LogP contribution in [0.5, 0.6) is 11.5 Å². The summed E-state index contributed by atoms with van der Waals surface area (Å²) in [6.45, 7) is -0.0110. The van der Waals surface area contributed by atoms with Crippen LogP contribution in [-0.2, 0) is 9.59 Å². The third-order valence-electron chi connectivity index (χ3n) is 3.49. The standard InChI is InChI=1S/C18H15ClN2O4/c1-24-15-5-3-12(19)8-11(15)2-7-17(22)20-13-4-6-16-14(9-13)21-18(23)10-25-16/h2-9H,10H2,1H3,(H,20,22)(H,21,23)/b7-2+. The lowest BCUT2D eigenvalue weighted by Gasteiger charge is -2.18. The SMILES string of the molecule is COc1ccc(Cl)cc1/C=C/C(=O)Nc1ccc2c(c1)NC(=O)CO2. The quantitative estimate of drug-likeness (QED) is 0.822. The molecule has 7 heteroatoms. The molecular weight excluding hydrogens is 344 g/mol. The molecule has 1 aliphatic heterocycles. The number of halogens is 1. The third kappa shape index (κ3) is 4.10. The van der Waals surface area contributed by atoms with Crippen molar-refractivity contribution >= 4 is 40.9 Å². The second-order valence-electron chi connectivity index (χ2n) is 5.26. The highest BCUT2D eigenvalue weighted by molar-refractivity contribution is 6.30. The van der Waals surface area contributed by atoms with Crippen molar-refractivity contribution in [3.05, 3.63) is 53.1 Å². The molecule has 0 spiro atoms. The largest absolute Gasteiger partial charge is 0.496 e. The van der Waals surface area contributed by atoms with Gasteiger partial charge >= 0.3 is 0 Å². The lowest BCUT2D eigenvalue weighted by molar-refractivity contribution is -0.118. The highest BCUT2D eigenvalue weighted by Crippen LogP contribution is 2.30. The van der Waals surface area contributed by atoms with E-state index >= 15 is 0 Å². The Kier molecular flexibility index (Phi) is 4.90. The zero-order valence-electron chi connectivity index (χ0n) is 13.3. The Morgan fingerprint density at radius 1 is 1.32 bits per heavy atom. The second kappa shape index (κ2) is 7.27. The lowest BCUT2D eigenvalue weighted by atomic mass is 10.2. The number of benzene rings is 2. The van der Waals surface area contributed by atoms with E-state index in [9.17, 15) is 9.59 Å². The number of hydrogen-bond donors (Lipinski definition) is 2. The van der Waals surface area contributed by atoms with Gasteiger partial charge in [-0.25, -0.2) is 0 Å². The fourth-order valence-corrected chi connectivity index (χ4v) is 2.53. The summed E-state index contributed by atoms with van der Waals surface area (Å²) in [5.41, 5.74) is 1.75. The van der Waals surface area contributed by atoms with Crippen LogP contribution in [0.25, 0.3) is 6.08 Å². The minimum Gasteiger partial charge on any atom is -0.496 e. The van der Waals surface area contributed by atoms with E-state index in [1.54, 1.807) is 49.6 Å². The van der Waals surface area contributed by atoms with E-state index in [0.29, 0.717) is 33.5 Å². The zero-order chi connectivity index (χ0) is 17.8. The van der Waals surface area contributed by atoms with Crippen molar-refractivity contribution in [1.29, 1.82) is 0 Å². The molecule has 0 bridgehead atoms. The van der Waals surface area contributed by atoms with Gasteiger partial charge in [-0.15, -0.1) is 0 Å². The topological polar surface area (TPSA) is 76.7 Å². The molecule has 0 aromatic heterocycles. The number of hydrogen-bond acceptors (Lipinski definition) is 4. The van der Waals surface area contributed by atoms with E-state index in [1.165, 1.54) is 6.08 Å². The van der Waals surface area contributed by atoms with Gasteiger partial charge in [-0.2, -0.15) is 0 Å². The van der Waals surface area contributed by atoms with E-state index in [0.717, 1.165) is 0 Å². The summed E-state index contributed by atoms with van der Waals surface area (Å²) in [4.78, 5) is 23.5. The molecular formula is C18H15ClN2O4. The fraction of sp³-hybridized carbons (Fsp3) is 0.111. The second-order valence-corrected chi connectivity index (χ2v) is 5.69. The molecule has 0 atom stereocenters. The van der Waals surface area contributed by atoms with Gasteiger partial charge in [0.1, 0.15) is 11.5 Å². The molecule has 6 nitrogen and oxygen atoms in total. The van der Waals surface area contributed by atoms with E-state index in [2.05, 4.69) is 10.6 Å². The Morgan fingerprint density at radius 2 is 2.16 bits per heavy atom. The summed E-state index contributed by atoms with van der Waals surface area (Å²) in [6.07, 6.45) is 2.99. The molecule has 0 saturated heterocycles. The summed E-state index contributed by atoms with van der Waals surface area (Å²) in [7, 11) is 1.55. The molecule has 0 radical (unpaired) electrons. The monoisotopic (exact) mass is 358 g/mol. The predicted molar refractivity (Wildman–Crippen MR) is 96.2 cm³/mol. The molecule has 1 heterocycles. The Hall–Kier alpha value is -2.99. The molecule has 2 aromatic carbocycles. The van der Waals surface area contributed by atoms with Crippen LogP contribution in [0.3, 0.4) is 0 Å². The van der Waals surface area contributed by atoms with Crippen molar-refractivity contribution < 1.29 is 19.1 Å². The maximum absolute atomic E-state index is 12.1. The number of anilines is 2. The molecule has 2 amide bonds. The van der Waals surface area contributed by atoms with Crippen molar-refractivity contribution in [2.45, 2.75) is 0 Å². The van der Waals surface area contributed by atoms with E-state index in [1.807, 2.05) is 0 Å². The van der Waals surface area contributed by atoms with Gasteiger partial charge in [0.15, 0.2) is 6.61 Å². The highest BCUT2D eigenvalue weighted by Gasteiger charge is 2.16. The lowest BCUT2D eigenvalue weighted by Crippen LogP contribution is -2.25. The van der Waals surface area contributed by atoms with Gasteiger partial charge in [0.25, 0.3) is 5.91 Å². The Morgan fingerprint density at radius 3 is 2.96 bits per heavy atom. The van der Waals surface area contributed by atoms with Gasteiger partial charge in [-0.1, -0.05) is 11.6 Å². The number of amides is 2. The average Bonchev–Trinajstić information content (AvgIpc) is 2.59. The van der Waals surface area contributed by atoms with Crippen LogP contribution < -0.4 is 20.1 Å². The highest BCUT2D eigenvalue weighted by atomic mass is 35.5. The fourth-order valence-electron chi connectivity index (χ4n) is 2.35. The Bertz CT molecular complexity index is 864. The van der Waals surface area contributed by atoms with Crippen LogP contribution in [0, 0.1) is 0 Å². The van der Waals surface area contributed by atoms with Gasteiger partial charge in [-0.3, -0.25) is 9.59 Å². The predicted octanol–water partition coefficient (Wildman–Crippen LogP) is 3.33. The van der Waals surface area contributed by atoms with Crippen molar-refractivity contribution in [2.24, 2.45) is 0 Å². The molecule has 128 valence electrons. The smallest absolute Gasteiger partial charge is 0.262 e. The minimum absolute atomic E-state index is 0.0110. The summed E-state index contributed by atoms with van der Waals surface area (Å²) in [6, 6.07) is 10.2. The van der Waals surface area contributed by atoms with E-state index in [-0.39, 0.29) is 18.4 Å². The van der Waals surface area contributed by atoms with Crippen molar-refractivity contribution in [2.75, 3.05) is 24.4 Å². The van der Waals surface area contributed by atoms with Crippen LogP contribution in [0.2, 0.25) is 5.02 Å². The molecule has 1 aliphatic rings. The number of fused-ring (bicyclic) bond motifs is 1. The van der Waals surface area contributed by atoms with Crippen LogP contribution in [0.1, 0.15) is 5.56 Å². The van der Waals surface area contributed by atoms with Crippen molar-refractivity contribution in [1.82, 2.24) is 0 Å². The number of rotatable bonds is 4. The summed E-state index contributed by atoms with van der Waals surface area (Å²) >= 11 is 5.96. The molecule has 0 aliphatic carbocycles. The number of methoxy groups -OCH3 is 1. The Balaban J connectivity index is 1.72. The number of nitrogens with one attached hydrogen (secondary N) is 2. The summed E-state index contributed by atoms with van der Waals surface area (Å²) in [5, 5.41) is 5.96.